The van der Waals surface area contributed by atoms with Gasteiger partial charge in [0.1, 0.15) is 6.61 Å². The summed E-state index contributed by atoms with van der Waals surface area (Å²) in [5, 5.41) is 5.61. The Morgan fingerprint density at radius 2 is 2.00 bits per heavy atom. The van der Waals surface area contributed by atoms with Crippen molar-refractivity contribution >= 4 is 11.6 Å². The van der Waals surface area contributed by atoms with E-state index in [0.29, 0.717) is 6.61 Å². The van der Waals surface area contributed by atoms with Gasteiger partial charge in [0.25, 0.3) is 5.66 Å². The smallest absolute Gasteiger partial charge is 0.299 e. The summed E-state index contributed by atoms with van der Waals surface area (Å²) in [5.74, 6) is -0.142. The molecule has 0 aliphatic rings. The summed E-state index contributed by atoms with van der Waals surface area (Å²) in [6.07, 6.45) is 0. The lowest BCUT2D eigenvalue weighted by atomic mass is 10.2. The molecule has 0 saturated heterocycles. The zero-order valence-electron chi connectivity index (χ0n) is 11.5. The summed E-state index contributed by atoms with van der Waals surface area (Å²) in [6.45, 7) is 11.1. The highest BCUT2D eigenvalue weighted by Crippen LogP contribution is 2.17. The summed E-state index contributed by atoms with van der Waals surface area (Å²) < 4.78 is 5.25. The van der Waals surface area contributed by atoms with E-state index in [4.69, 9.17) is 11.3 Å². The molecule has 1 aromatic rings. The molecule has 0 aliphatic heterocycles. The maximum absolute atomic E-state index is 11.0. The van der Waals surface area contributed by atoms with Crippen LogP contribution in [0.5, 0.6) is 0 Å². The Morgan fingerprint density at radius 3 is 2.53 bits per heavy atom. The van der Waals surface area contributed by atoms with Gasteiger partial charge in [0.2, 0.25) is 5.91 Å². The third-order valence-corrected chi connectivity index (χ3v) is 2.46. The first-order valence-corrected chi connectivity index (χ1v) is 6.01. The zero-order chi connectivity index (χ0) is 14.3. The monoisotopic (exact) mass is 261 g/mol. The van der Waals surface area contributed by atoms with Crippen molar-refractivity contribution in [3.05, 3.63) is 41.2 Å². The van der Waals surface area contributed by atoms with Crippen LogP contribution in [0.4, 0.5) is 5.69 Å². The highest BCUT2D eigenvalue weighted by Gasteiger charge is 2.21. The van der Waals surface area contributed by atoms with Crippen molar-refractivity contribution in [2.45, 2.75) is 26.1 Å². The highest BCUT2D eigenvalue weighted by atomic mass is 16.5. The van der Waals surface area contributed by atoms with Crippen molar-refractivity contribution in [3.8, 4) is 0 Å². The van der Waals surface area contributed by atoms with Crippen molar-refractivity contribution in [3.63, 3.8) is 0 Å². The van der Waals surface area contributed by atoms with E-state index in [9.17, 15) is 4.79 Å². The Balaban J connectivity index is 2.48. The second-order valence-electron chi connectivity index (χ2n) is 4.66. The number of ether oxygens (including phenoxy) is 1. The number of anilines is 1. The molecule has 0 spiro atoms. The quantitative estimate of drug-likeness (QED) is 0.770. The molecular formula is C14H19N3O2. The van der Waals surface area contributed by atoms with E-state index in [1.165, 1.54) is 0 Å². The van der Waals surface area contributed by atoms with Gasteiger partial charge in [-0.05, 0) is 17.7 Å². The Hall–Kier alpha value is -2.06. The number of hydrogen-bond donors (Lipinski definition) is 2. The molecule has 1 amide bonds. The van der Waals surface area contributed by atoms with Crippen LogP contribution in [-0.2, 0) is 16.1 Å². The number of nitrogens with one attached hydrogen (secondary N) is 2. The van der Waals surface area contributed by atoms with Gasteiger partial charge in [-0.1, -0.05) is 12.1 Å². The molecule has 1 aromatic carbocycles. The molecule has 0 bridgehead atoms. The minimum atomic E-state index is -0.614. The maximum Gasteiger partial charge on any atom is 0.299 e. The highest BCUT2D eigenvalue weighted by molar-refractivity contribution is 5.76. The Kier molecular flexibility index (Phi) is 5.34. The molecule has 0 unspecified atom stereocenters. The van der Waals surface area contributed by atoms with Crippen LogP contribution in [0, 0.1) is 6.57 Å². The van der Waals surface area contributed by atoms with E-state index in [0.717, 1.165) is 11.3 Å². The van der Waals surface area contributed by atoms with Gasteiger partial charge < -0.3 is 15.4 Å². The van der Waals surface area contributed by atoms with Crippen LogP contribution in [0.15, 0.2) is 24.3 Å². The Morgan fingerprint density at radius 1 is 1.37 bits per heavy atom. The van der Waals surface area contributed by atoms with Crippen LogP contribution in [-0.4, -0.2) is 25.2 Å². The SMILES string of the molecule is [C-]#[N+]C(C)(C)Nc1ccc(COCC(=O)NC)cc1. The van der Waals surface area contributed by atoms with Crippen LogP contribution in [0.3, 0.4) is 0 Å². The van der Waals surface area contributed by atoms with E-state index < -0.39 is 5.66 Å². The molecule has 0 aliphatic carbocycles. The lowest BCUT2D eigenvalue weighted by Gasteiger charge is -2.15. The van der Waals surface area contributed by atoms with Crippen molar-refractivity contribution < 1.29 is 9.53 Å². The number of hydrogen-bond acceptors (Lipinski definition) is 3. The molecular weight excluding hydrogens is 242 g/mol. The van der Waals surface area contributed by atoms with Crippen LogP contribution in [0.2, 0.25) is 0 Å². The van der Waals surface area contributed by atoms with Crippen LogP contribution < -0.4 is 10.6 Å². The number of benzene rings is 1. The van der Waals surface area contributed by atoms with Gasteiger partial charge in [0, 0.05) is 26.6 Å². The van der Waals surface area contributed by atoms with E-state index >= 15 is 0 Å². The third kappa shape index (κ3) is 5.40. The topological polar surface area (TPSA) is 54.7 Å². The number of carbonyl (C=O) groups is 1. The van der Waals surface area contributed by atoms with Crippen molar-refractivity contribution in [2.24, 2.45) is 0 Å². The standard InChI is InChI=1S/C14H19N3O2/c1-14(2,16-4)17-12-7-5-11(6-8-12)9-19-10-13(18)15-3/h5-8,17H,9-10H2,1-3H3,(H,15,18). The average molecular weight is 261 g/mol. The minimum absolute atomic E-state index is 0.0568. The molecule has 5 heteroatoms. The van der Waals surface area contributed by atoms with Gasteiger partial charge in [-0.25, -0.2) is 6.57 Å². The van der Waals surface area contributed by atoms with Crippen molar-refractivity contribution in [1.29, 1.82) is 0 Å². The fourth-order valence-corrected chi connectivity index (χ4v) is 1.40. The van der Waals surface area contributed by atoms with Crippen LogP contribution >= 0.6 is 0 Å². The molecule has 0 aromatic heterocycles. The Labute approximate surface area is 113 Å². The molecule has 0 heterocycles. The van der Waals surface area contributed by atoms with Crippen LogP contribution in [0.25, 0.3) is 4.85 Å². The molecule has 102 valence electrons. The lowest BCUT2D eigenvalue weighted by Crippen LogP contribution is -2.25. The number of nitrogens with zero attached hydrogens (tertiary/aromatic N) is 1. The molecule has 2 N–H and O–H groups in total. The summed E-state index contributed by atoms with van der Waals surface area (Å²) in [6, 6.07) is 7.61. The van der Waals surface area contributed by atoms with Gasteiger partial charge in [-0.2, -0.15) is 0 Å². The van der Waals surface area contributed by atoms with Gasteiger partial charge >= 0.3 is 0 Å². The summed E-state index contributed by atoms with van der Waals surface area (Å²) in [4.78, 5) is 14.5. The number of rotatable bonds is 6. The maximum atomic E-state index is 11.0. The first kappa shape index (κ1) is 15.0. The largest absolute Gasteiger partial charge is 0.367 e. The molecule has 0 fully saturated rings. The van der Waals surface area contributed by atoms with Gasteiger partial charge in [0.05, 0.1) is 6.61 Å². The minimum Gasteiger partial charge on any atom is -0.367 e. The van der Waals surface area contributed by atoms with E-state index in [-0.39, 0.29) is 12.5 Å². The first-order chi connectivity index (χ1) is 8.96. The summed E-state index contributed by atoms with van der Waals surface area (Å²) in [7, 11) is 1.57. The second kappa shape index (κ2) is 6.76. The zero-order valence-corrected chi connectivity index (χ0v) is 11.5. The summed E-state index contributed by atoms with van der Waals surface area (Å²) in [5.41, 5.74) is 1.25. The number of carbonyl (C=O) groups excluding carboxylic acids is 1. The molecule has 19 heavy (non-hydrogen) atoms. The molecule has 0 atom stereocenters. The van der Waals surface area contributed by atoms with E-state index in [2.05, 4.69) is 15.5 Å². The average Bonchev–Trinajstić information content (AvgIpc) is 2.40. The normalized spacial score (nSPS) is 10.6. The van der Waals surface area contributed by atoms with E-state index in [1.54, 1.807) is 7.05 Å². The lowest BCUT2D eigenvalue weighted by molar-refractivity contribution is -0.125. The second-order valence-corrected chi connectivity index (χ2v) is 4.66. The fourth-order valence-electron chi connectivity index (χ4n) is 1.40. The predicted molar refractivity (Wildman–Crippen MR) is 74.5 cm³/mol. The van der Waals surface area contributed by atoms with Crippen molar-refractivity contribution in [1.82, 2.24) is 5.32 Å². The molecule has 1 rings (SSSR count). The van der Waals surface area contributed by atoms with E-state index in [1.807, 2.05) is 38.1 Å². The first-order valence-electron chi connectivity index (χ1n) is 6.01. The Bertz CT molecular complexity index is 461. The number of amides is 1. The van der Waals surface area contributed by atoms with Gasteiger partial charge in [-0.3, -0.25) is 9.64 Å². The third-order valence-electron chi connectivity index (χ3n) is 2.46. The predicted octanol–water partition coefficient (Wildman–Crippen LogP) is 2.02. The fraction of sp³-hybridized carbons (Fsp3) is 0.429. The van der Waals surface area contributed by atoms with Gasteiger partial charge in [-0.15, -0.1) is 0 Å². The molecule has 5 nitrogen and oxygen atoms in total. The van der Waals surface area contributed by atoms with Crippen molar-refractivity contribution in [2.75, 3.05) is 19.0 Å². The van der Waals surface area contributed by atoms with Crippen LogP contribution in [0.1, 0.15) is 19.4 Å². The summed E-state index contributed by atoms with van der Waals surface area (Å²) >= 11 is 0. The molecule has 0 radical (unpaired) electrons. The number of likely N-dealkylation sites (N-methyl/N-ethyl adjacent to an activating group) is 1. The molecule has 0 saturated carbocycles. The van der Waals surface area contributed by atoms with Gasteiger partial charge in [0.15, 0.2) is 0 Å².